The second kappa shape index (κ2) is 6.42. The van der Waals surface area contributed by atoms with Crippen LogP contribution in [-0.4, -0.2) is 28.4 Å². The van der Waals surface area contributed by atoms with Crippen LogP contribution >= 0.6 is 0 Å². The number of ether oxygens (including phenoxy) is 1. The summed E-state index contributed by atoms with van der Waals surface area (Å²) in [6.45, 7) is 1.76. The van der Waals surface area contributed by atoms with Crippen LogP contribution < -0.4 is 0 Å². The summed E-state index contributed by atoms with van der Waals surface area (Å²) < 4.78 is 4.53. The molecule has 1 aromatic heterocycles. The molecule has 90 valence electrons. The number of ketones is 1. The molecule has 1 heterocycles. The van der Waals surface area contributed by atoms with Crippen LogP contribution in [0.25, 0.3) is 0 Å². The third kappa shape index (κ3) is 4.46. The van der Waals surface area contributed by atoms with Crippen molar-refractivity contribution in [3.63, 3.8) is 0 Å². The molecule has 1 rings (SSSR count). The summed E-state index contributed by atoms with van der Waals surface area (Å²) in [5, 5.41) is 9.24. The van der Waals surface area contributed by atoms with Crippen LogP contribution in [0.5, 0.6) is 0 Å². The number of rotatable bonds is 5. The molecular formula is C12H13NO4. The maximum absolute atomic E-state index is 11.4. The average Bonchev–Trinajstić information content (AvgIpc) is 2.30. The topological polar surface area (TPSA) is 76.5 Å². The third-order valence-corrected chi connectivity index (χ3v) is 1.86. The van der Waals surface area contributed by atoms with Gasteiger partial charge < -0.3 is 9.84 Å². The number of pyridine rings is 1. The summed E-state index contributed by atoms with van der Waals surface area (Å²) in [5.41, 5.74) is 0.574. The van der Waals surface area contributed by atoms with Gasteiger partial charge in [0.15, 0.2) is 5.78 Å². The zero-order valence-electron chi connectivity index (χ0n) is 9.42. The molecule has 0 aromatic carbocycles. The largest absolute Gasteiger partial charge is 0.502 e. The minimum Gasteiger partial charge on any atom is -0.502 e. The Labute approximate surface area is 98.7 Å². The molecule has 17 heavy (non-hydrogen) atoms. The molecule has 0 spiro atoms. The van der Waals surface area contributed by atoms with Crippen LogP contribution in [0.15, 0.2) is 36.2 Å². The van der Waals surface area contributed by atoms with E-state index in [1.54, 1.807) is 31.3 Å². The van der Waals surface area contributed by atoms with E-state index in [0.29, 0.717) is 5.69 Å². The minimum absolute atomic E-state index is 0.0320. The Morgan fingerprint density at radius 1 is 1.47 bits per heavy atom. The lowest BCUT2D eigenvalue weighted by Crippen LogP contribution is -2.10. The number of aliphatic hydroxyl groups excluding tert-OH is 1. The predicted molar refractivity (Wildman–Crippen MR) is 60.3 cm³/mol. The van der Waals surface area contributed by atoms with Gasteiger partial charge in [0, 0.05) is 18.0 Å². The molecule has 0 aliphatic rings. The molecule has 5 heteroatoms. The van der Waals surface area contributed by atoms with E-state index in [-0.39, 0.29) is 13.0 Å². The van der Waals surface area contributed by atoms with Gasteiger partial charge in [-0.15, -0.1) is 0 Å². The highest BCUT2D eigenvalue weighted by Gasteiger charge is 2.11. The zero-order chi connectivity index (χ0) is 12.7. The lowest BCUT2D eigenvalue weighted by atomic mass is 10.2. The van der Waals surface area contributed by atoms with Crippen molar-refractivity contribution >= 4 is 11.8 Å². The monoisotopic (exact) mass is 235 g/mol. The van der Waals surface area contributed by atoms with E-state index in [2.05, 4.69) is 9.72 Å². The number of hydrogen-bond donors (Lipinski definition) is 1. The van der Waals surface area contributed by atoms with Crippen molar-refractivity contribution in [3.05, 3.63) is 41.9 Å². The Morgan fingerprint density at radius 2 is 2.24 bits per heavy atom. The lowest BCUT2D eigenvalue weighted by molar-refractivity contribution is -0.141. The molecule has 0 atom stereocenters. The second-order valence-corrected chi connectivity index (χ2v) is 3.21. The van der Waals surface area contributed by atoms with Crippen molar-refractivity contribution in [2.75, 3.05) is 6.61 Å². The Balaban J connectivity index is 2.60. The first-order valence-corrected chi connectivity index (χ1v) is 5.14. The highest BCUT2D eigenvalue weighted by atomic mass is 16.5. The van der Waals surface area contributed by atoms with E-state index < -0.39 is 17.5 Å². The van der Waals surface area contributed by atoms with Crippen molar-refractivity contribution in [2.24, 2.45) is 0 Å². The number of carbonyl (C=O) groups is 2. The van der Waals surface area contributed by atoms with Crippen molar-refractivity contribution in [2.45, 2.75) is 13.3 Å². The fourth-order valence-corrected chi connectivity index (χ4v) is 1.15. The summed E-state index contributed by atoms with van der Waals surface area (Å²) in [6, 6.07) is 5.18. The van der Waals surface area contributed by atoms with Crippen LogP contribution in [-0.2, 0) is 20.7 Å². The molecule has 0 saturated heterocycles. The van der Waals surface area contributed by atoms with Gasteiger partial charge in [-0.3, -0.25) is 9.78 Å². The van der Waals surface area contributed by atoms with E-state index in [0.717, 1.165) is 6.08 Å². The maximum atomic E-state index is 11.4. The summed E-state index contributed by atoms with van der Waals surface area (Å²) in [7, 11) is 0. The molecule has 0 aliphatic heterocycles. The van der Waals surface area contributed by atoms with Gasteiger partial charge in [-0.05, 0) is 19.1 Å². The van der Waals surface area contributed by atoms with Crippen molar-refractivity contribution < 1.29 is 19.4 Å². The number of aromatic nitrogens is 1. The average molecular weight is 235 g/mol. The lowest BCUT2D eigenvalue weighted by Gasteiger charge is -2.00. The highest BCUT2D eigenvalue weighted by Crippen LogP contribution is 1.99. The van der Waals surface area contributed by atoms with E-state index in [9.17, 15) is 14.7 Å². The minimum atomic E-state index is -0.901. The van der Waals surface area contributed by atoms with E-state index in [1.807, 2.05) is 0 Å². The first kappa shape index (κ1) is 12.9. The van der Waals surface area contributed by atoms with Crippen molar-refractivity contribution in [1.82, 2.24) is 4.98 Å². The van der Waals surface area contributed by atoms with Crippen LogP contribution in [0.2, 0.25) is 0 Å². The van der Waals surface area contributed by atoms with Crippen molar-refractivity contribution in [3.8, 4) is 0 Å². The van der Waals surface area contributed by atoms with Gasteiger partial charge in [0.1, 0.15) is 0 Å². The Bertz CT molecular complexity index is 425. The second-order valence-electron chi connectivity index (χ2n) is 3.21. The molecular weight excluding hydrogens is 222 g/mol. The molecule has 0 fully saturated rings. The van der Waals surface area contributed by atoms with E-state index in [1.165, 1.54) is 0 Å². The number of allylic oxidation sites excluding steroid dienone is 1. The molecule has 0 radical (unpaired) electrons. The van der Waals surface area contributed by atoms with Gasteiger partial charge in [0.2, 0.25) is 5.76 Å². The van der Waals surface area contributed by atoms with Gasteiger partial charge in [0.05, 0.1) is 13.0 Å². The van der Waals surface area contributed by atoms with Crippen LogP contribution in [0.3, 0.4) is 0 Å². The van der Waals surface area contributed by atoms with Gasteiger partial charge >= 0.3 is 5.97 Å². The van der Waals surface area contributed by atoms with Gasteiger partial charge in [-0.25, -0.2) is 4.79 Å². The summed E-state index contributed by atoms with van der Waals surface area (Å²) in [4.78, 5) is 26.4. The molecule has 1 aromatic rings. The molecule has 1 N–H and O–H groups in total. The Kier molecular flexibility index (Phi) is 4.87. The zero-order valence-corrected chi connectivity index (χ0v) is 9.42. The van der Waals surface area contributed by atoms with E-state index in [4.69, 9.17) is 0 Å². The molecule has 0 saturated carbocycles. The smallest absolute Gasteiger partial charge is 0.373 e. The summed E-state index contributed by atoms with van der Waals surface area (Å²) in [6.07, 6.45) is 2.45. The Morgan fingerprint density at radius 3 is 2.82 bits per heavy atom. The van der Waals surface area contributed by atoms with Crippen LogP contribution in [0.1, 0.15) is 12.6 Å². The number of carbonyl (C=O) groups excluding carboxylic acids is 2. The maximum Gasteiger partial charge on any atom is 0.373 e. The van der Waals surface area contributed by atoms with Gasteiger partial charge in [0.25, 0.3) is 0 Å². The first-order chi connectivity index (χ1) is 8.13. The fraction of sp³-hybridized carbons (Fsp3) is 0.250. The first-order valence-electron chi connectivity index (χ1n) is 5.14. The Hall–Kier alpha value is -2.17. The highest BCUT2D eigenvalue weighted by molar-refractivity contribution is 5.98. The molecule has 5 nitrogen and oxygen atoms in total. The van der Waals surface area contributed by atoms with E-state index >= 15 is 0 Å². The summed E-state index contributed by atoms with van der Waals surface area (Å²) in [5.74, 6) is -2.00. The number of esters is 1. The standard InChI is InChI=1S/C12H13NO4/c1-2-17-12(16)11(15)8-10(14)7-9-5-3-4-6-13-9/h3-6,8,15H,2,7H2,1H3/b11-8-. The molecule has 0 bridgehead atoms. The third-order valence-electron chi connectivity index (χ3n) is 1.86. The number of aliphatic hydroxyl groups is 1. The fourth-order valence-electron chi connectivity index (χ4n) is 1.15. The number of hydrogen-bond acceptors (Lipinski definition) is 5. The summed E-state index contributed by atoms with van der Waals surface area (Å²) >= 11 is 0. The van der Waals surface area contributed by atoms with Crippen LogP contribution in [0.4, 0.5) is 0 Å². The van der Waals surface area contributed by atoms with Gasteiger partial charge in [-0.2, -0.15) is 0 Å². The normalized spacial score (nSPS) is 11.0. The molecule has 0 unspecified atom stereocenters. The quantitative estimate of drug-likeness (QED) is 0.471. The van der Waals surface area contributed by atoms with Crippen LogP contribution in [0, 0.1) is 0 Å². The number of nitrogens with zero attached hydrogens (tertiary/aromatic N) is 1. The van der Waals surface area contributed by atoms with Gasteiger partial charge in [-0.1, -0.05) is 6.07 Å². The molecule has 0 amide bonds. The predicted octanol–water partition coefficient (Wildman–Crippen LogP) is 1.20. The van der Waals surface area contributed by atoms with Crippen molar-refractivity contribution in [1.29, 1.82) is 0 Å². The molecule has 0 aliphatic carbocycles. The SMILES string of the molecule is CCOC(=O)/C(O)=C/C(=O)Cc1ccccn1.